The molecule has 1 aromatic carbocycles. The maximum absolute atomic E-state index is 14.3. The van der Waals surface area contributed by atoms with Crippen molar-refractivity contribution in [3.05, 3.63) is 35.9 Å². The molecule has 7 heteroatoms. The molecule has 0 aromatic heterocycles. The number of hydrogen-bond donors (Lipinski definition) is 2. The molecule has 3 unspecified atom stereocenters. The molecule has 192 valence electrons. The van der Waals surface area contributed by atoms with E-state index in [9.17, 15) is 22.8 Å². The molecule has 2 amide bonds. The highest BCUT2D eigenvalue weighted by Gasteiger charge is 2.62. The number of carbonyl (C=O) groups is 2. The molecule has 1 aromatic rings. The number of halogens is 3. The predicted octanol–water partition coefficient (Wildman–Crippen LogP) is 5.72. The van der Waals surface area contributed by atoms with Crippen LogP contribution in [0.15, 0.2) is 30.3 Å². The second-order valence-corrected chi connectivity index (χ2v) is 12.2. The van der Waals surface area contributed by atoms with E-state index in [0.29, 0.717) is 30.6 Å². The van der Waals surface area contributed by atoms with Gasteiger partial charge in [-0.3, -0.25) is 9.59 Å². The molecule has 35 heavy (non-hydrogen) atoms. The molecule has 1 saturated heterocycles. The zero-order chi connectivity index (χ0) is 25.2. The molecule has 3 saturated carbocycles. The van der Waals surface area contributed by atoms with Crippen LogP contribution in [0.25, 0.3) is 0 Å². The molecule has 0 bridgehead atoms. The fraction of sp³-hybridized carbons (Fsp3) is 0.714. The number of amides is 2. The van der Waals surface area contributed by atoms with Crippen LogP contribution in [0.2, 0.25) is 0 Å². The summed E-state index contributed by atoms with van der Waals surface area (Å²) in [7, 11) is 0. The van der Waals surface area contributed by atoms with Crippen LogP contribution >= 0.6 is 0 Å². The zero-order valence-corrected chi connectivity index (χ0v) is 20.9. The number of hydrogen-bond acceptors (Lipinski definition) is 2. The third kappa shape index (κ3) is 3.71. The Labute approximate surface area is 205 Å². The third-order valence-electron chi connectivity index (χ3n) is 10.7. The van der Waals surface area contributed by atoms with Crippen LogP contribution in [0.3, 0.4) is 0 Å². The Balaban J connectivity index is 1.38. The Kier molecular flexibility index (Phi) is 5.80. The molecule has 5 rings (SSSR count). The van der Waals surface area contributed by atoms with E-state index in [1.807, 2.05) is 0 Å². The highest BCUT2D eigenvalue weighted by molar-refractivity contribution is 5.81. The maximum Gasteiger partial charge on any atom is 0.415 e. The quantitative estimate of drug-likeness (QED) is 0.570. The van der Waals surface area contributed by atoms with Crippen molar-refractivity contribution in [2.75, 3.05) is 0 Å². The summed E-state index contributed by atoms with van der Waals surface area (Å²) in [4.78, 5) is 25.6. The fourth-order valence-corrected chi connectivity index (χ4v) is 8.54. The van der Waals surface area contributed by atoms with Gasteiger partial charge in [0.1, 0.15) is 0 Å². The molecule has 1 heterocycles. The van der Waals surface area contributed by atoms with Crippen LogP contribution in [0.1, 0.15) is 77.7 Å². The van der Waals surface area contributed by atoms with E-state index in [1.54, 1.807) is 18.2 Å². The van der Waals surface area contributed by atoms with E-state index >= 15 is 0 Å². The first kappa shape index (κ1) is 24.6. The number of benzene rings is 1. The minimum absolute atomic E-state index is 0.0508. The number of fused-ring (bicyclic) bond motifs is 5. The van der Waals surface area contributed by atoms with Crippen molar-refractivity contribution in [2.24, 2.45) is 34.5 Å². The molecule has 0 radical (unpaired) electrons. The van der Waals surface area contributed by atoms with E-state index in [4.69, 9.17) is 0 Å². The molecule has 2 N–H and O–H groups in total. The summed E-state index contributed by atoms with van der Waals surface area (Å²) >= 11 is 0. The van der Waals surface area contributed by atoms with Gasteiger partial charge >= 0.3 is 6.18 Å². The van der Waals surface area contributed by atoms with E-state index in [0.717, 1.165) is 45.4 Å². The van der Waals surface area contributed by atoms with Crippen LogP contribution < -0.4 is 10.6 Å². The molecular weight excluding hydrogens is 453 g/mol. The van der Waals surface area contributed by atoms with Crippen LogP contribution in [0.4, 0.5) is 13.2 Å². The average molecular weight is 491 g/mol. The summed E-state index contributed by atoms with van der Waals surface area (Å²) in [6.45, 7) is 5.55. The molecular formula is C28H37F3N2O2. The first-order valence-corrected chi connectivity index (χ1v) is 13.1. The Hall–Kier alpha value is -2.05. The molecule has 4 fully saturated rings. The van der Waals surface area contributed by atoms with Crippen LogP contribution in [0, 0.1) is 34.5 Å². The van der Waals surface area contributed by atoms with Gasteiger partial charge in [-0.05, 0) is 86.0 Å². The Morgan fingerprint density at radius 1 is 0.971 bits per heavy atom. The number of carbonyl (C=O) groups excluding carboxylic acids is 2. The van der Waals surface area contributed by atoms with E-state index in [-0.39, 0.29) is 28.3 Å². The zero-order valence-electron chi connectivity index (χ0n) is 20.9. The summed E-state index contributed by atoms with van der Waals surface area (Å²) in [5.41, 5.74) is -2.60. The van der Waals surface area contributed by atoms with Gasteiger partial charge in [-0.15, -0.1) is 0 Å². The fourth-order valence-electron chi connectivity index (χ4n) is 8.54. The smallest absolute Gasteiger partial charge is 0.353 e. The van der Waals surface area contributed by atoms with E-state index in [1.165, 1.54) is 12.1 Å². The predicted molar refractivity (Wildman–Crippen MR) is 127 cm³/mol. The minimum atomic E-state index is -4.61. The normalized spacial score (nSPS) is 40.5. The van der Waals surface area contributed by atoms with Crippen LogP contribution in [0.5, 0.6) is 0 Å². The van der Waals surface area contributed by atoms with Gasteiger partial charge in [0.05, 0.1) is 0 Å². The van der Waals surface area contributed by atoms with Crippen molar-refractivity contribution in [1.82, 2.24) is 10.6 Å². The van der Waals surface area contributed by atoms with Gasteiger partial charge in [0.15, 0.2) is 5.54 Å². The third-order valence-corrected chi connectivity index (χ3v) is 10.7. The molecule has 4 aliphatic rings. The lowest BCUT2D eigenvalue weighted by molar-refractivity contribution is -0.199. The second kappa shape index (κ2) is 8.24. The lowest BCUT2D eigenvalue weighted by Gasteiger charge is -2.60. The number of piperidine rings is 1. The van der Waals surface area contributed by atoms with Gasteiger partial charge in [-0.2, -0.15) is 13.2 Å². The van der Waals surface area contributed by atoms with Crippen molar-refractivity contribution in [3.8, 4) is 0 Å². The minimum Gasteiger partial charge on any atom is -0.353 e. The second-order valence-electron chi connectivity index (χ2n) is 12.2. The Morgan fingerprint density at radius 2 is 1.66 bits per heavy atom. The van der Waals surface area contributed by atoms with Crippen molar-refractivity contribution in [1.29, 1.82) is 0 Å². The van der Waals surface area contributed by atoms with Gasteiger partial charge < -0.3 is 10.6 Å². The van der Waals surface area contributed by atoms with E-state index < -0.39 is 23.5 Å². The van der Waals surface area contributed by atoms with Crippen molar-refractivity contribution in [2.45, 2.75) is 89.9 Å². The van der Waals surface area contributed by atoms with E-state index in [2.05, 4.69) is 24.5 Å². The molecule has 1 aliphatic heterocycles. The van der Waals surface area contributed by atoms with Crippen molar-refractivity contribution >= 4 is 11.8 Å². The monoisotopic (exact) mass is 490 g/mol. The standard InChI is InChI=1S/C28H37F3N2O2/c1-25-15-13-20-18(9-12-22-26(20,2)16-14-23(34)32-22)19(25)10-11-21(25)24(35)33-27(3,28(29,30)31)17-7-5-4-6-8-17/h4-8,18-22H,9-16H2,1-3H3,(H,32,34)(H,33,35)/t18-,19-,20+,21?,22?,25-,26+,27?/m0/s1. The van der Waals surface area contributed by atoms with Crippen LogP contribution in [-0.4, -0.2) is 24.0 Å². The van der Waals surface area contributed by atoms with Gasteiger partial charge in [-0.1, -0.05) is 44.2 Å². The molecule has 0 spiro atoms. The number of nitrogens with one attached hydrogen (secondary N) is 2. The number of rotatable bonds is 3. The summed E-state index contributed by atoms with van der Waals surface area (Å²) in [6.07, 6.45) is 2.17. The van der Waals surface area contributed by atoms with Gasteiger partial charge in [0, 0.05) is 18.4 Å². The lowest BCUT2D eigenvalue weighted by atomic mass is 9.47. The summed E-state index contributed by atoms with van der Waals surface area (Å²) < 4.78 is 42.8. The Morgan fingerprint density at radius 3 is 2.34 bits per heavy atom. The van der Waals surface area contributed by atoms with Gasteiger partial charge in [0.25, 0.3) is 0 Å². The topological polar surface area (TPSA) is 58.2 Å². The Bertz CT molecular complexity index is 998. The van der Waals surface area contributed by atoms with Crippen molar-refractivity contribution in [3.63, 3.8) is 0 Å². The molecule has 3 aliphatic carbocycles. The molecule has 4 nitrogen and oxygen atoms in total. The first-order valence-electron chi connectivity index (χ1n) is 13.1. The van der Waals surface area contributed by atoms with Gasteiger partial charge in [-0.25, -0.2) is 0 Å². The largest absolute Gasteiger partial charge is 0.415 e. The summed E-state index contributed by atoms with van der Waals surface area (Å²) in [6, 6.07) is 7.90. The maximum atomic E-state index is 14.3. The highest BCUT2D eigenvalue weighted by atomic mass is 19.4. The highest BCUT2D eigenvalue weighted by Crippen LogP contribution is 2.65. The number of alkyl halides is 3. The lowest BCUT2D eigenvalue weighted by Crippen LogP contribution is -2.61. The first-order chi connectivity index (χ1) is 16.4. The summed E-state index contributed by atoms with van der Waals surface area (Å²) in [5.74, 6) is 0.548. The van der Waals surface area contributed by atoms with Crippen molar-refractivity contribution < 1.29 is 22.8 Å². The SMILES string of the molecule is CC(NC(=O)C1CC[C@H]2[C@@H]3CCC4NC(=O)CC[C@]4(C)[C@@H]3CC[C@]12C)(c1ccccc1)C(F)(F)F. The molecule has 8 atom stereocenters. The van der Waals surface area contributed by atoms with Gasteiger partial charge in [0.2, 0.25) is 11.8 Å². The summed E-state index contributed by atoms with van der Waals surface area (Å²) in [5, 5.41) is 5.70. The van der Waals surface area contributed by atoms with Crippen LogP contribution in [-0.2, 0) is 15.1 Å². The average Bonchev–Trinajstić information content (AvgIpc) is 3.16.